The highest BCUT2D eigenvalue weighted by Gasteiger charge is 2.65. The average molecular weight is 224 g/mol. The zero-order valence-corrected chi connectivity index (χ0v) is 10.9. The van der Waals surface area contributed by atoms with Crippen LogP contribution in [0.5, 0.6) is 0 Å². The first-order valence-corrected chi connectivity index (χ1v) is 6.77. The van der Waals surface area contributed by atoms with E-state index in [1.165, 1.54) is 12.8 Å². The van der Waals surface area contributed by atoms with Crippen LogP contribution in [0, 0.1) is 23.7 Å². The van der Waals surface area contributed by atoms with Crippen molar-refractivity contribution in [3.05, 3.63) is 0 Å². The minimum absolute atomic E-state index is 0.0173. The molecule has 2 heterocycles. The van der Waals surface area contributed by atoms with Crippen molar-refractivity contribution >= 4 is 0 Å². The number of fused-ring (bicyclic) bond motifs is 4. The second kappa shape index (κ2) is 3.02. The SMILES string of the molecule is CC1CC[C@@H]2[C@@H]1[C@H](O)[C@]1(C)C[C@@H](C)[C@@]2(C)O1. The zero-order valence-electron chi connectivity index (χ0n) is 10.9. The molecule has 3 rings (SSSR count). The zero-order chi connectivity index (χ0) is 11.7. The van der Waals surface area contributed by atoms with Crippen LogP contribution in [-0.4, -0.2) is 22.4 Å². The molecule has 0 aromatic carbocycles. The first-order valence-electron chi connectivity index (χ1n) is 6.77. The molecular formula is C14H24O2. The van der Waals surface area contributed by atoms with Crippen LogP contribution >= 0.6 is 0 Å². The number of aliphatic hydroxyl groups excluding tert-OH is 1. The Kier molecular flexibility index (Phi) is 2.09. The molecule has 0 spiro atoms. The van der Waals surface area contributed by atoms with Gasteiger partial charge in [-0.2, -0.15) is 0 Å². The molecule has 1 aliphatic carbocycles. The van der Waals surface area contributed by atoms with Crippen LogP contribution in [0.3, 0.4) is 0 Å². The molecule has 2 saturated heterocycles. The van der Waals surface area contributed by atoms with Gasteiger partial charge in [0.25, 0.3) is 0 Å². The normalized spacial score (nSPS) is 64.7. The number of ether oxygens (including phenoxy) is 1. The Morgan fingerprint density at radius 2 is 1.88 bits per heavy atom. The van der Waals surface area contributed by atoms with Crippen LogP contribution in [0.25, 0.3) is 0 Å². The number of rotatable bonds is 0. The van der Waals surface area contributed by atoms with E-state index in [4.69, 9.17) is 4.74 Å². The molecule has 0 amide bonds. The van der Waals surface area contributed by atoms with Gasteiger partial charge in [0, 0.05) is 0 Å². The third kappa shape index (κ3) is 1.10. The van der Waals surface area contributed by atoms with Gasteiger partial charge in [-0.1, -0.05) is 13.8 Å². The van der Waals surface area contributed by atoms with Gasteiger partial charge in [-0.3, -0.25) is 0 Å². The Labute approximate surface area is 98.4 Å². The van der Waals surface area contributed by atoms with Crippen molar-refractivity contribution < 1.29 is 9.84 Å². The molecule has 2 nitrogen and oxygen atoms in total. The molecular weight excluding hydrogens is 200 g/mol. The molecule has 2 heteroatoms. The summed E-state index contributed by atoms with van der Waals surface area (Å²) in [5.74, 6) is 2.28. The molecule has 0 aromatic rings. The second-order valence-corrected chi connectivity index (χ2v) is 6.89. The van der Waals surface area contributed by atoms with Gasteiger partial charge >= 0.3 is 0 Å². The molecule has 3 fully saturated rings. The van der Waals surface area contributed by atoms with Crippen LogP contribution < -0.4 is 0 Å². The summed E-state index contributed by atoms with van der Waals surface area (Å²) >= 11 is 0. The smallest absolute Gasteiger partial charge is 0.0926 e. The maximum Gasteiger partial charge on any atom is 0.0926 e. The Hall–Kier alpha value is -0.0800. The lowest BCUT2D eigenvalue weighted by molar-refractivity contribution is -0.233. The van der Waals surface area contributed by atoms with Gasteiger partial charge in [0.05, 0.1) is 17.3 Å². The van der Waals surface area contributed by atoms with Crippen LogP contribution in [0.4, 0.5) is 0 Å². The molecule has 1 saturated carbocycles. The lowest BCUT2D eigenvalue weighted by Crippen LogP contribution is -2.57. The number of aliphatic hydroxyl groups is 1. The molecule has 1 unspecified atom stereocenters. The minimum Gasteiger partial charge on any atom is -0.390 e. The topological polar surface area (TPSA) is 29.5 Å². The van der Waals surface area contributed by atoms with E-state index in [9.17, 15) is 5.11 Å². The number of hydrogen-bond acceptors (Lipinski definition) is 2. The summed E-state index contributed by atoms with van der Waals surface area (Å²) in [5.41, 5.74) is -0.267. The van der Waals surface area contributed by atoms with Gasteiger partial charge in [0.15, 0.2) is 0 Å². The quantitative estimate of drug-likeness (QED) is 0.685. The Morgan fingerprint density at radius 3 is 2.56 bits per heavy atom. The van der Waals surface area contributed by atoms with Gasteiger partial charge in [-0.25, -0.2) is 0 Å². The van der Waals surface area contributed by atoms with E-state index in [1.807, 2.05) is 0 Å². The van der Waals surface area contributed by atoms with Crippen LogP contribution in [0.1, 0.15) is 47.0 Å². The monoisotopic (exact) mass is 224 g/mol. The van der Waals surface area contributed by atoms with Crippen molar-refractivity contribution in [2.75, 3.05) is 0 Å². The molecule has 3 aliphatic rings. The Bertz CT molecular complexity index is 316. The second-order valence-electron chi connectivity index (χ2n) is 6.89. The molecule has 2 aliphatic heterocycles. The summed E-state index contributed by atoms with van der Waals surface area (Å²) in [5, 5.41) is 10.6. The summed E-state index contributed by atoms with van der Waals surface area (Å²) in [6.45, 7) is 8.99. The molecule has 16 heavy (non-hydrogen) atoms. The fourth-order valence-electron chi connectivity index (χ4n) is 4.91. The predicted octanol–water partition coefficient (Wildman–Crippen LogP) is 2.60. The van der Waals surface area contributed by atoms with E-state index in [0.29, 0.717) is 23.7 Å². The minimum atomic E-state index is -0.284. The molecule has 2 bridgehead atoms. The lowest BCUT2D eigenvalue weighted by atomic mass is 9.71. The van der Waals surface area contributed by atoms with Gasteiger partial charge in [0.1, 0.15) is 0 Å². The molecule has 0 aromatic heterocycles. The molecule has 7 atom stereocenters. The maximum atomic E-state index is 10.6. The third-order valence-corrected chi connectivity index (χ3v) is 5.92. The van der Waals surface area contributed by atoms with E-state index in [0.717, 1.165) is 6.42 Å². The largest absolute Gasteiger partial charge is 0.390 e. The third-order valence-electron chi connectivity index (χ3n) is 5.92. The van der Waals surface area contributed by atoms with Crippen LogP contribution in [0.2, 0.25) is 0 Å². The lowest BCUT2D eigenvalue weighted by Gasteiger charge is -2.49. The van der Waals surface area contributed by atoms with E-state index < -0.39 is 0 Å². The van der Waals surface area contributed by atoms with Gasteiger partial charge < -0.3 is 9.84 Å². The first-order chi connectivity index (χ1) is 7.38. The fraction of sp³-hybridized carbons (Fsp3) is 1.00. The van der Waals surface area contributed by atoms with Gasteiger partial charge in [0.2, 0.25) is 0 Å². The molecule has 0 radical (unpaired) electrons. The van der Waals surface area contributed by atoms with Crippen molar-refractivity contribution in [2.24, 2.45) is 23.7 Å². The Balaban J connectivity index is 2.05. The van der Waals surface area contributed by atoms with Crippen LogP contribution in [0.15, 0.2) is 0 Å². The molecule has 92 valence electrons. The highest BCUT2D eigenvalue weighted by molar-refractivity contribution is 5.14. The summed E-state index contributed by atoms with van der Waals surface area (Å²) < 4.78 is 6.31. The van der Waals surface area contributed by atoms with E-state index in [2.05, 4.69) is 27.7 Å². The molecule has 1 N–H and O–H groups in total. The number of hydrogen-bond donors (Lipinski definition) is 1. The standard InChI is InChI=1S/C14H24O2/c1-8-5-6-10-11(8)12(15)13(3)7-9(2)14(10,4)16-13/h8-12,15H,5-7H2,1-4H3/t8?,9-,10-,11-,12+,13+,14-/m1/s1. The highest BCUT2D eigenvalue weighted by atomic mass is 16.5. The van der Waals surface area contributed by atoms with E-state index >= 15 is 0 Å². The van der Waals surface area contributed by atoms with Crippen molar-refractivity contribution in [3.63, 3.8) is 0 Å². The summed E-state index contributed by atoms with van der Waals surface area (Å²) in [4.78, 5) is 0. The van der Waals surface area contributed by atoms with Gasteiger partial charge in [-0.05, 0) is 56.8 Å². The van der Waals surface area contributed by atoms with Crippen molar-refractivity contribution in [3.8, 4) is 0 Å². The highest BCUT2D eigenvalue weighted by Crippen LogP contribution is 2.61. The summed E-state index contributed by atoms with van der Waals surface area (Å²) in [6.07, 6.45) is 3.26. The summed E-state index contributed by atoms with van der Waals surface area (Å²) in [7, 11) is 0. The van der Waals surface area contributed by atoms with Crippen LogP contribution in [-0.2, 0) is 4.74 Å². The first kappa shape index (κ1) is 11.0. The maximum absolute atomic E-state index is 10.6. The fourth-order valence-corrected chi connectivity index (χ4v) is 4.91. The van der Waals surface area contributed by atoms with E-state index in [1.54, 1.807) is 0 Å². The average Bonchev–Trinajstić information content (AvgIpc) is 2.65. The predicted molar refractivity (Wildman–Crippen MR) is 63.1 cm³/mol. The Morgan fingerprint density at radius 1 is 1.19 bits per heavy atom. The van der Waals surface area contributed by atoms with Crippen molar-refractivity contribution in [1.82, 2.24) is 0 Å². The van der Waals surface area contributed by atoms with E-state index in [-0.39, 0.29) is 17.3 Å². The van der Waals surface area contributed by atoms with Crippen molar-refractivity contribution in [1.29, 1.82) is 0 Å². The summed E-state index contributed by atoms with van der Waals surface area (Å²) in [6, 6.07) is 0. The van der Waals surface area contributed by atoms with Crippen molar-refractivity contribution in [2.45, 2.75) is 64.3 Å². The van der Waals surface area contributed by atoms with Gasteiger partial charge in [-0.15, -0.1) is 0 Å².